The number of nitrogens with one attached hydrogen (secondary N) is 1. The second-order valence-electron chi connectivity index (χ2n) is 5.74. The molecule has 0 spiro atoms. The highest BCUT2D eigenvalue weighted by Crippen LogP contribution is 2.14. The Morgan fingerprint density at radius 2 is 2.04 bits per heavy atom. The normalized spacial score (nSPS) is 12.4. The number of benzene rings is 1. The summed E-state index contributed by atoms with van der Waals surface area (Å²) < 4.78 is 1.20. The molecule has 122 valence electrons. The fraction of sp³-hybridized carbons (Fsp3) is 0.375. The van der Waals surface area contributed by atoms with Crippen LogP contribution in [0.1, 0.15) is 20.8 Å². The summed E-state index contributed by atoms with van der Waals surface area (Å²) in [7, 11) is 0. The van der Waals surface area contributed by atoms with Crippen molar-refractivity contribution in [2.75, 3.05) is 0 Å². The second kappa shape index (κ2) is 6.91. The molecular weight excluding hydrogens is 318 g/mol. The van der Waals surface area contributed by atoms with Gasteiger partial charge in [-0.3, -0.25) is 19.0 Å². The third-order valence-electron chi connectivity index (χ3n) is 3.52. The van der Waals surface area contributed by atoms with Crippen LogP contribution >= 0.6 is 11.6 Å². The van der Waals surface area contributed by atoms with Gasteiger partial charge < -0.3 is 5.32 Å². The molecule has 0 aliphatic rings. The molecule has 0 radical (unpaired) electrons. The topological polar surface area (TPSA) is 81.1 Å². The quantitative estimate of drug-likeness (QED) is 0.903. The van der Waals surface area contributed by atoms with Crippen LogP contribution in [-0.4, -0.2) is 27.3 Å². The number of fused-ring (bicyclic) bond motifs is 1. The van der Waals surface area contributed by atoms with Crippen molar-refractivity contribution in [1.29, 1.82) is 0 Å². The Bertz CT molecular complexity index is 814. The Kier molecular flexibility index (Phi) is 5.15. The van der Waals surface area contributed by atoms with Gasteiger partial charge in [-0.1, -0.05) is 25.4 Å². The first-order valence-electron chi connectivity index (χ1n) is 7.24. The van der Waals surface area contributed by atoms with Crippen LogP contribution < -0.4 is 10.9 Å². The van der Waals surface area contributed by atoms with Gasteiger partial charge in [0, 0.05) is 5.02 Å². The van der Waals surface area contributed by atoms with Gasteiger partial charge in [0.15, 0.2) is 5.78 Å². The number of nitrogens with zero attached hydrogens (tertiary/aromatic N) is 2. The SMILES string of the molecule is CC(=O)[C@H](NC(=O)Cn1cnc2ccc(Cl)cc2c1=O)C(C)C. The first-order valence-corrected chi connectivity index (χ1v) is 7.62. The molecule has 0 aliphatic carbocycles. The molecule has 0 unspecified atom stereocenters. The summed E-state index contributed by atoms with van der Waals surface area (Å²) in [5.74, 6) is -0.560. The van der Waals surface area contributed by atoms with Gasteiger partial charge in [-0.2, -0.15) is 0 Å². The summed E-state index contributed by atoms with van der Waals surface area (Å²) in [6.07, 6.45) is 1.32. The fourth-order valence-corrected chi connectivity index (χ4v) is 2.53. The molecule has 2 aromatic rings. The van der Waals surface area contributed by atoms with Crippen molar-refractivity contribution in [1.82, 2.24) is 14.9 Å². The average molecular weight is 336 g/mol. The maximum absolute atomic E-state index is 12.4. The minimum absolute atomic E-state index is 0.0262. The predicted octanol–water partition coefficient (Wildman–Crippen LogP) is 1.78. The number of rotatable bonds is 5. The van der Waals surface area contributed by atoms with Crippen molar-refractivity contribution in [3.05, 3.63) is 39.9 Å². The zero-order chi connectivity index (χ0) is 17.1. The van der Waals surface area contributed by atoms with Crippen LogP contribution in [0.5, 0.6) is 0 Å². The second-order valence-corrected chi connectivity index (χ2v) is 6.18. The maximum Gasteiger partial charge on any atom is 0.261 e. The third kappa shape index (κ3) is 3.96. The Balaban J connectivity index is 2.25. The lowest BCUT2D eigenvalue weighted by atomic mass is 10.0. The monoisotopic (exact) mass is 335 g/mol. The number of carbonyl (C=O) groups excluding carboxylic acids is 2. The van der Waals surface area contributed by atoms with Gasteiger partial charge in [-0.25, -0.2) is 4.98 Å². The average Bonchev–Trinajstić information content (AvgIpc) is 2.47. The zero-order valence-electron chi connectivity index (χ0n) is 13.2. The van der Waals surface area contributed by atoms with E-state index in [4.69, 9.17) is 11.6 Å². The molecule has 0 bridgehead atoms. The summed E-state index contributed by atoms with van der Waals surface area (Å²) in [5, 5.41) is 3.42. The Hall–Kier alpha value is -2.21. The van der Waals surface area contributed by atoms with Gasteiger partial charge in [0.25, 0.3) is 5.56 Å². The van der Waals surface area contributed by atoms with Gasteiger partial charge >= 0.3 is 0 Å². The molecular formula is C16H18ClN3O3. The summed E-state index contributed by atoms with van der Waals surface area (Å²) in [6.45, 7) is 4.91. The van der Waals surface area contributed by atoms with Crippen LogP contribution in [0.25, 0.3) is 10.9 Å². The third-order valence-corrected chi connectivity index (χ3v) is 3.76. The van der Waals surface area contributed by atoms with E-state index in [1.54, 1.807) is 12.1 Å². The van der Waals surface area contributed by atoms with E-state index in [9.17, 15) is 14.4 Å². The zero-order valence-corrected chi connectivity index (χ0v) is 13.9. The minimum Gasteiger partial charge on any atom is -0.344 e. The highest BCUT2D eigenvalue weighted by Gasteiger charge is 2.21. The number of ketones is 1. The first kappa shape index (κ1) is 17.1. The van der Waals surface area contributed by atoms with Crippen molar-refractivity contribution in [3.63, 3.8) is 0 Å². The molecule has 0 saturated carbocycles. The number of halogens is 1. The van der Waals surface area contributed by atoms with Gasteiger partial charge in [0.2, 0.25) is 5.91 Å². The molecule has 1 atom stereocenters. The van der Waals surface area contributed by atoms with E-state index in [0.29, 0.717) is 15.9 Å². The molecule has 1 N–H and O–H groups in total. The van der Waals surface area contributed by atoms with Gasteiger partial charge in [0.05, 0.1) is 23.3 Å². The minimum atomic E-state index is -0.568. The first-order chi connectivity index (χ1) is 10.8. The van der Waals surface area contributed by atoms with E-state index >= 15 is 0 Å². The lowest BCUT2D eigenvalue weighted by Crippen LogP contribution is -2.45. The van der Waals surface area contributed by atoms with E-state index < -0.39 is 11.9 Å². The molecule has 0 fully saturated rings. The lowest BCUT2D eigenvalue weighted by Gasteiger charge is -2.19. The Morgan fingerprint density at radius 1 is 1.35 bits per heavy atom. The number of hydrogen-bond donors (Lipinski definition) is 1. The molecule has 0 aliphatic heterocycles. The van der Waals surface area contributed by atoms with Gasteiger partial charge in [-0.05, 0) is 31.0 Å². The smallest absolute Gasteiger partial charge is 0.261 e. The van der Waals surface area contributed by atoms with Gasteiger partial charge in [-0.15, -0.1) is 0 Å². The Labute approximate surface area is 138 Å². The van der Waals surface area contributed by atoms with Crippen LogP contribution in [0.2, 0.25) is 5.02 Å². The highest BCUT2D eigenvalue weighted by atomic mass is 35.5. The summed E-state index contributed by atoms with van der Waals surface area (Å²) in [5.41, 5.74) is 0.163. The molecule has 1 amide bonds. The number of Topliss-reactive ketones (excluding diaryl/α,β-unsaturated/α-hetero) is 1. The van der Waals surface area contributed by atoms with Crippen LogP contribution in [0.3, 0.4) is 0 Å². The van der Waals surface area contributed by atoms with Crippen LogP contribution in [0, 0.1) is 5.92 Å². The maximum atomic E-state index is 12.4. The largest absolute Gasteiger partial charge is 0.344 e. The van der Waals surface area contributed by atoms with Crippen molar-refractivity contribution in [3.8, 4) is 0 Å². The van der Waals surface area contributed by atoms with Crippen LogP contribution in [-0.2, 0) is 16.1 Å². The number of aromatic nitrogens is 2. The van der Waals surface area contributed by atoms with Crippen molar-refractivity contribution < 1.29 is 9.59 Å². The van der Waals surface area contributed by atoms with Crippen LogP contribution in [0.15, 0.2) is 29.3 Å². The molecule has 1 aromatic heterocycles. The standard InChI is InChI=1S/C16H18ClN3O3/c1-9(2)15(10(3)21)19-14(22)7-20-8-18-13-5-4-11(17)6-12(13)16(20)23/h4-6,8-9,15H,7H2,1-3H3,(H,19,22)/t15-/m1/s1. The summed E-state index contributed by atoms with van der Waals surface area (Å²) in [6, 6.07) is 4.25. The van der Waals surface area contributed by atoms with Crippen LogP contribution in [0.4, 0.5) is 0 Å². The summed E-state index contributed by atoms with van der Waals surface area (Å²) in [4.78, 5) is 40.2. The Morgan fingerprint density at radius 3 is 2.65 bits per heavy atom. The molecule has 23 heavy (non-hydrogen) atoms. The highest BCUT2D eigenvalue weighted by molar-refractivity contribution is 6.31. The predicted molar refractivity (Wildman–Crippen MR) is 88.5 cm³/mol. The molecule has 6 nitrogen and oxygen atoms in total. The number of hydrogen-bond acceptors (Lipinski definition) is 4. The number of amides is 1. The summed E-state index contributed by atoms with van der Waals surface area (Å²) >= 11 is 5.89. The number of carbonyl (C=O) groups is 2. The van der Waals surface area contributed by atoms with E-state index in [0.717, 1.165) is 0 Å². The molecule has 7 heteroatoms. The van der Waals surface area contributed by atoms with E-state index in [1.165, 1.54) is 23.9 Å². The molecule has 0 saturated heterocycles. The lowest BCUT2D eigenvalue weighted by molar-refractivity contribution is -0.128. The molecule has 2 rings (SSSR count). The van der Waals surface area contributed by atoms with Crippen molar-refractivity contribution >= 4 is 34.2 Å². The van der Waals surface area contributed by atoms with E-state index in [-0.39, 0.29) is 23.8 Å². The van der Waals surface area contributed by atoms with Gasteiger partial charge in [0.1, 0.15) is 6.54 Å². The molecule has 1 aromatic carbocycles. The van der Waals surface area contributed by atoms with Crippen molar-refractivity contribution in [2.45, 2.75) is 33.4 Å². The fourth-order valence-electron chi connectivity index (χ4n) is 2.36. The van der Waals surface area contributed by atoms with E-state index in [1.807, 2.05) is 13.8 Å². The van der Waals surface area contributed by atoms with E-state index in [2.05, 4.69) is 10.3 Å². The van der Waals surface area contributed by atoms with Crippen molar-refractivity contribution in [2.24, 2.45) is 5.92 Å². The molecule has 1 heterocycles.